The molecule has 1 N–H and O–H groups in total. The Labute approximate surface area is 111 Å². The number of phenolic OH excluding ortho intramolecular Hbond substituents is 1. The van der Waals surface area contributed by atoms with Crippen molar-refractivity contribution in [2.45, 2.75) is 0 Å². The Balaban J connectivity index is 2.16. The summed E-state index contributed by atoms with van der Waals surface area (Å²) in [5.74, 6) is -0.134. The van der Waals surface area contributed by atoms with Crippen LogP contribution in [0.1, 0.15) is 10.4 Å². The smallest absolute Gasteiger partial charge is 0.338 e. The zero-order chi connectivity index (χ0) is 13.7. The van der Waals surface area contributed by atoms with Crippen molar-refractivity contribution in [3.8, 4) is 16.9 Å². The van der Waals surface area contributed by atoms with E-state index in [0.29, 0.717) is 5.56 Å². The number of carbonyl (C=O) groups is 1. The molecule has 96 valence electrons. The summed E-state index contributed by atoms with van der Waals surface area (Å²) in [4.78, 5) is 11.6. The molecule has 3 nitrogen and oxygen atoms in total. The number of carbonyl (C=O) groups excluding carboxylic acids is 1. The lowest BCUT2D eigenvalue weighted by Gasteiger charge is -2.04. The maximum absolute atomic E-state index is 11.6. The van der Waals surface area contributed by atoms with E-state index in [1.54, 1.807) is 24.3 Å². The van der Waals surface area contributed by atoms with Gasteiger partial charge in [-0.2, -0.15) is 0 Å². The van der Waals surface area contributed by atoms with Gasteiger partial charge in [0.1, 0.15) is 12.4 Å². The monoisotopic (exact) mass is 254 g/mol. The number of esters is 1. The van der Waals surface area contributed by atoms with Gasteiger partial charge in [0.15, 0.2) is 0 Å². The van der Waals surface area contributed by atoms with E-state index in [4.69, 9.17) is 4.74 Å². The highest BCUT2D eigenvalue weighted by Gasteiger charge is 2.06. The molecular formula is C16H14O3. The number of hydrogen-bond donors (Lipinski definition) is 1. The molecule has 2 rings (SSSR count). The SMILES string of the molecule is C=CCOC(=O)c1ccc(-c2ccc(O)cc2)cc1. The summed E-state index contributed by atoms with van der Waals surface area (Å²) in [7, 11) is 0. The summed E-state index contributed by atoms with van der Waals surface area (Å²) in [6, 6.07) is 14.0. The highest BCUT2D eigenvalue weighted by atomic mass is 16.5. The number of hydrogen-bond acceptors (Lipinski definition) is 3. The van der Waals surface area contributed by atoms with Crippen LogP contribution >= 0.6 is 0 Å². The Hall–Kier alpha value is -2.55. The first-order valence-corrected chi connectivity index (χ1v) is 5.88. The van der Waals surface area contributed by atoms with Crippen LogP contribution < -0.4 is 0 Å². The zero-order valence-electron chi connectivity index (χ0n) is 10.4. The van der Waals surface area contributed by atoms with E-state index < -0.39 is 0 Å². The lowest BCUT2D eigenvalue weighted by Crippen LogP contribution is -2.04. The Bertz CT molecular complexity index is 568. The van der Waals surface area contributed by atoms with Crippen molar-refractivity contribution < 1.29 is 14.6 Å². The topological polar surface area (TPSA) is 46.5 Å². The van der Waals surface area contributed by atoms with Crippen LogP contribution in [-0.4, -0.2) is 17.7 Å². The van der Waals surface area contributed by atoms with E-state index in [9.17, 15) is 9.90 Å². The van der Waals surface area contributed by atoms with Gasteiger partial charge in [0, 0.05) is 0 Å². The van der Waals surface area contributed by atoms with Crippen molar-refractivity contribution in [3.05, 3.63) is 66.7 Å². The highest BCUT2D eigenvalue weighted by Crippen LogP contribution is 2.22. The Morgan fingerprint density at radius 1 is 1.05 bits per heavy atom. The third-order valence-corrected chi connectivity index (χ3v) is 2.65. The summed E-state index contributed by atoms with van der Waals surface area (Å²) in [6.07, 6.45) is 1.53. The Morgan fingerprint density at radius 2 is 1.58 bits per heavy atom. The van der Waals surface area contributed by atoms with Crippen molar-refractivity contribution in [2.24, 2.45) is 0 Å². The molecule has 0 saturated heterocycles. The molecule has 3 heteroatoms. The maximum Gasteiger partial charge on any atom is 0.338 e. The predicted molar refractivity (Wildman–Crippen MR) is 74.0 cm³/mol. The molecule has 0 radical (unpaired) electrons. The molecular weight excluding hydrogens is 240 g/mol. The Morgan fingerprint density at radius 3 is 2.11 bits per heavy atom. The minimum atomic E-state index is -0.364. The van der Waals surface area contributed by atoms with Gasteiger partial charge in [0.25, 0.3) is 0 Å². The molecule has 0 aliphatic carbocycles. The minimum Gasteiger partial charge on any atom is -0.508 e. The molecule has 0 heterocycles. The van der Waals surface area contributed by atoms with Crippen LogP contribution in [0.2, 0.25) is 0 Å². The lowest BCUT2D eigenvalue weighted by atomic mass is 10.0. The predicted octanol–water partition coefficient (Wildman–Crippen LogP) is 3.40. The third kappa shape index (κ3) is 3.22. The third-order valence-electron chi connectivity index (χ3n) is 2.65. The molecule has 0 atom stereocenters. The standard InChI is InChI=1S/C16H14O3/c1-2-11-19-16(18)14-5-3-12(4-6-14)13-7-9-15(17)10-8-13/h2-10,17H,1,11H2. The van der Waals surface area contributed by atoms with Crippen LogP contribution in [0.3, 0.4) is 0 Å². The van der Waals surface area contributed by atoms with Gasteiger partial charge in [-0.15, -0.1) is 0 Å². The van der Waals surface area contributed by atoms with E-state index in [-0.39, 0.29) is 18.3 Å². The second kappa shape index (κ2) is 5.87. The fraction of sp³-hybridized carbons (Fsp3) is 0.0625. The molecule has 0 bridgehead atoms. The summed E-state index contributed by atoms with van der Waals surface area (Å²) in [5.41, 5.74) is 2.45. The van der Waals surface area contributed by atoms with Gasteiger partial charge in [0.05, 0.1) is 5.56 Å². The summed E-state index contributed by atoms with van der Waals surface area (Å²) in [6.45, 7) is 3.70. The molecule has 0 unspecified atom stereocenters. The van der Waals surface area contributed by atoms with E-state index in [1.165, 1.54) is 6.08 Å². The molecule has 2 aromatic carbocycles. The van der Waals surface area contributed by atoms with Crippen LogP contribution in [0.25, 0.3) is 11.1 Å². The molecule has 0 saturated carbocycles. The molecule has 0 aliphatic rings. The molecule has 0 amide bonds. The molecule has 0 spiro atoms. The van der Waals surface area contributed by atoms with Crippen molar-refractivity contribution in [3.63, 3.8) is 0 Å². The van der Waals surface area contributed by atoms with Crippen LogP contribution in [0.5, 0.6) is 5.75 Å². The molecule has 19 heavy (non-hydrogen) atoms. The number of rotatable bonds is 4. The zero-order valence-corrected chi connectivity index (χ0v) is 10.4. The summed E-state index contributed by atoms with van der Waals surface area (Å²) in [5, 5.41) is 9.23. The number of ether oxygens (including phenoxy) is 1. The second-order valence-corrected chi connectivity index (χ2v) is 4.01. The molecule has 0 aromatic heterocycles. The quantitative estimate of drug-likeness (QED) is 0.672. The maximum atomic E-state index is 11.6. The fourth-order valence-corrected chi connectivity index (χ4v) is 1.67. The molecule has 0 aliphatic heterocycles. The molecule has 0 fully saturated rings. The van der Waals surface area contributed by atoms with Gasteiger partial charge < -0.3 is 9.84 Å². The summed E-state index contributed by atoms with van der Waals surface area (Å²) >= 11 is 0. The van der Waals surface area contributed by atoms with Crippen molar-refractivity contribution in [2.75, 3.05) is 6.61 Å². The summed E-state index contributed by atoms with van der Waals surface area (Å²) < 4.78 is 4.95. The minimum absolute atomic E-state index is 0.207. The normalized spacial score (nSPS) is 9.89. The first kappa shape index (κ1) is 12.9. The van der Waals surface area contributed by atoms with Gasteiger partial charge in [-0.3, -0.25) is 0 Å². The molecule has 2 aromatic rings. The van der Waals surface area contributed by atoms with E-state index >= 15 is 0 Å². The second-order valence-electron chi connectivity index (χ2n) is 4.01. The number of aromatic hydroxyl groups is 1. The van der Waals surface area contributed by atoms with Crippen molar-refractivity contribution in [1.82, 2.24) is 0 Å². The average Bonchev–Trinajstić information content (AvgIpc) is 2.46. The number of benzene rings is 2. The van der Waals surface area contributed by atoms with E-state index in [1.807, 2.05) is 24.3 Å². The van der Waals surface area contributed by atoms with Crippen LogP contribution in [0, 0.1) is 0 Å². The van der Waals surface area contributed by atoms with Gasteiger partial charge >= 0.3 is 5.97 Å². The van der Waals surface area contributed by atoms with Crippen LogP contribution in [-0.2, 0) is 4.74 Å². The van der Waals surface area contributed by atoms with Gasteiger partial charge in [0.2, 0.25) is 0 Å². The van der Waals surface area contributed by atoms with Crippen LogP contribution in [0.15, 0.2) is 61.2 Å². The Kier molecular flexibility index (Phi) is 3.98. The van der Waals surface area contributed by atoms with Crippen molar-refractivity contribution in [1.29, 1.82) is 0 Å². The van der Waals surface area contributed by atoms with Gasteiger partial charge in [-0.1, -0.05) is 36.9 Å². The highest BCUT2D eigenvalue weighted by molar-refractivity contribution is 5.90. The van der Waals surface area contributed by atoms with E-state index in [2.05, 4.69) is 6.58 Å². The average molecular weight is 254 g/mol. The van der Waals surface area contributed by atoms with Crippen LogP contribution in [0.4, 0.5) is 0 Å². The van der Waals surface area contributed by atoms with Gasteiger partial charge in [-0.25, -0.2) is 4.79 Å². The number of phenols is 1. The van der Waals surface area contributed by atoms with Crippen molar-refractivity contribution >= 4 is 5.97 Å². The fourth-order valence-electron chi connectivity index (χ4n) is 1.67. The van der Waals surface area contributed by atoms with Gasteiger partial charge in [-0.05, 0) is 35.4 Å². The lowest BCUT2D eigenvalue weighted by molar-refractivity contribution is 0.0550. The first-order chi connectivity index (χ1) is 9.20. The van der Waals surface area contributed by atoms with E-state index in [0.717, 1.165) is 11.1 Å². The largest absolute Gasteiger partial charge is 0.508 e. The first-order valence-electron chi connectivity index (χ1n) is 5.88.